The van der Waals surface area contributed by atoms with Gasteiger partial charge in [-0.1, -0.05) is 6.07 Å². The van der Waals surface area contributed by atoms with Crippen LogP contribution in [0.1, 0.15) is 39.1 Å². The molecule has 0 saturated carbocycles. The Morgan fingerprint density at radius 1 is 0.889 bits per heavy atom. The Hall–Kier alpha value is -3.87. The predicted molar refractivity (Wildman–Crippen MR) is 115 cm³/mol. The summed E-state index contributed by atoms with van der Waals surface area (Å²) in [5, 5.41) is 2.14. The Bertz CT molecular complexity index is 1290. The highest BCUT2D eigenvalue weighted by atomic mass is 19.2. The number of carbonyl (C=O) groups excluding carboxylic acids is 4. The highest BCUT2D eigenvalue weighted by Gasteiger charge is 2.44. The zero-order chi connectivity index (χ0) is 25.7. The summed E-state index contributed by atoms with van der Waals surface area (Å²) in [4.78, 5) is 56.0. The molecule has 1 aromatic carbocycles. The van der Waals surface area contributed by atoms with Crippen LogP contribution < -0.4 is 10.2 Å². The van der Waals surface area contributed by atoms with E-state index in [4.69, 9.17) is 0 Å². The van der Waals surface area contributed by atoms with Crippen LogP contribution in [-0.4, -0.2) is 70.6 Å². The summed E-state index contributed by atoms with van der Waals surface area (Å²) < 4.78 is 55.1. The molecular formula is C23H19F4N5O4. The molecule has 1 N–H and O–H groups in total. The van der Waals surface area contributed by atoms with Gasteiger partial charge in [0.1, 0.15) is 11.7 Å². The Labute approximate surface area is 201 Å². The van der Waals surface area contributed by atoms with E-state index < -0.39 is 58.9 Å². The van der Waals surface area contributed by atoms with Gasteiger partial charge >= 0.3 is 0 Å². The number of aromatic nitrogens is 1. The molecule has 2 aromatic rings. The summed E-state index contributed by atoms with van der Waals surface area (Å²) in [6.45, 7) is 1.11. The average molecular weight is 505 g/mol. The van der Waals surface area contributed by atoms with Crippen molar-refractivity contribution in [2.75, 3.05) is 31.1 Å². The van der Waals surface area contributed by atoms with Crippen molar-refractivity contribution in [3.63, 3.8) is 0 Å². The van der Waals surface area contributed by atoms with E-state index in [1.807, 2.05) is 4.90 Å². The van der Waals surface area contributed by atoms with Crippen LogP contribution >= 0.6 is 0 Å². The third kappa shape index (κ3) is 3.98. The lowest BCUT2D eigenvalue weighted by molar-refractivity contribution is -0.136. The second kappa shape index (κ2) is 8.97. The van der Waals surface area contributed by atoms with E-state index in [0.717, 1.165) is 4.90 Å². The van der Waals surface area contributed by atoms with Crippen molar-refractivity contribution in [3.8, 4) is 0 Å². The first-order valence-electron chi connectivity index (χ1n) is 11.2. The number of piperazine rings is 1. The number of hydrogen-bond acceptors (Lipinski definition) is 7. The largest absolute Gasteiger partial charge is 0.364 e. The maximum atomic E-state index is 14.1. The molecule has 188 valence electrons. The maximum Gasteiger partial charge on any atom is 0.262 e. The zero-order valence-electron chi connectivity index (χ0n) is 18.7. The summed E-state index contributed by atoms with van der Waals surface area (Å²) in [7, 11) is 0. The monoisotopic (exact) mass is 505 g/mol. The molecule has 4 heterocycles. The Balaban J connectivity index is 1.27. The molecule has 3 aliphatic rings. The second-order valence-corrected chi connectivity index (χ2v) is 8.76. The predicted octanol–water partition coefficient (Wildman–Crippen LogP) is 1.36. The Morgan fingerprint density at radius 3 is 2.17 bits per heavy atom. The van der Waals surface area contributed by atoms with Gasteiger partial charge < -0.3 is 4.90 Å². The van der Waals surface area contributed by atoms with Gasteiger partial charge in [0.05, 0.1) is 11.1 Å². The summed E-state index contributed by atoms with van der Waals surface area (Å²) in [6.07, 6.45) is 0.0767. The number of rotatable bonds is 4. The molecule has 2 fully saturated rings. The summed E-state index contributed by atoms with van der Waals surface area (Å²) in [5.74, 6) is -8.91. The van der Waals surface area contributed by atoms with Gasteiger partial charge in [0.2, 0.25) is 23.4 Å². The van der Waals surface area contributed by atoms with Gasteiger partial charge in [0, 0.05) is 39.1 Å². The van der Waals surface area contributed by atoms with Crippen LogP contribution in [0.15, 0.2) is 18.2 Å². The van der Waals surface area contributed by atoms with E-state index in [2.05, 4.69) is 10.3 Å². The molecule has 3 aliphatic heterocycles. The van der Waals surface area contributed by atoms with Gasteiger partial charge in [-0.3, -0.25) is 34.3 Å². The van der Waals surface area contributed by atoms with Crippen molar-refractivity contribution in [1.29, 1.82) is 0 Å². The second-order valence-electron chi connectivity index (χ2n) is 8.76. The first-order chi connectivity index (χ1) is 17.2. The first-order valence-corrected chi connectivity index (χ1v) is 11.2. The van der Waals surface area contributed by atoms with E-state index in [0.29, 0.717) is 25.2 Å². The molecule has 1 unspecified atom stereocenters. The number of fused-ring (bicyclic) bond motifs is 1. The Kier molecular flexibility index (Phi) is 5.94. The van der Waals surface area contributed by atoms with E-state index in [1.54, 1.807) is 12.1 Å². The van der Waals surface area contributed by atoms with Crippen LogP contribution in [0.25, 0.3) is 0 Å². The molecule has 5 rings (SSSR count). The molecule has 1 aromatic heterocycles. The number of nitrogens with zero attached hydrogens (tertiary/aromatic N) is 4. The first kappa shape index (κ1) is 23.9. The number of imide groups is 2. The molecule has 1 atom stereocenters. The van der Waals surface area contributed by atoms with E-state index in [-0.39, 0.29) is 37.1 Å². The smallest absolute Gasteiger partial charge is 0.262 e. The number of benzene rings is 1. The lowest BCUT2D eigenvalue weighted by Gasteiger charge is -2.36. The fraction of sp³-hybridized carbons (Fsp3) is 0.348. The molecule has 9 nitrogen and oxygen atoms in total. The van der Waals surface area contributed by atoms with Crippen molar-refractivity contribution in [2.45, 2.75) is 25.4 Å². The number of amides is 4. The third-order valence-electron chi connectivity index (χ3n) is 6.57. The van der Waals surface area contributed by atoms with Crippen LogP contribution in [0, 0.1) is 23.5 Å². The molecule has 36 heavy (non-hydrogen) atoms. The van der Waals surface area contributed by atoms with Gasteiger partial charge in [-0.05, 0) is 24.1 Å². The van der Waals surface area contributed by atoms with Gasteiger partial charge in [-0.25, -0.2) is 0 Å². The number of nitrogens with one attached hydrogen (secondary N) is 1. The highest BCUT2D eigenvalue weighted by molar-refractivity contribution is 6.23. The Morgan fingerprint density at radius 2 is 1.53 bits per heavy atom. The van der Waals surface area contributed by atoms with Gasteiger partial charge in [0.25, 0.3) is 23.7 Å². The lowest BCUT2D eigenvalue weighted by Crippen LogP contribution is -2.54. The molecule has 0 aliphatic carbocycles. The number of pyridine rings is 1. The number of piperidine rings is 1. The third-order valence-corrected chi connectivity index (χ3v) is 6.57. The number of hydrogen-bond donors (Lipinski definition) is 1. The molecule has 0 bridgehead atoms. The molecule has 0 radical (unpaired) electrons. The fourth-order valence-electron chi connectivity index (χ4n) is 4.76. The average Bonchev–Trinajstić information content (AvgIpc) is 3.08. The minimum Gasteiger partial charge on any atom is -0.364 e. The number of carbonyl (C=O) groups is 4. The topological polar surface area (TPSA) is 103 Å². The van der Waals surface area contributed by atoms with E-state index in [9.17, 15) is 36.7 Å². The van der Waals surface area contributed by atoms with Gasteiger partial charge in [-0.15, -0.1) is 0 Å². The molecule has 4 amide bonds. The van der Waals surface area contributed by atoms with Gasteiger partial charge in [-0.2, -0.15) is 22.5 Å². The number of anilines is 1. The van der Waals surface area contributed by atoms with Crippen LogP contribution in [0.3, 0.4) is 0 Å². The summed E-state index contributed by atoms with van der Waals surface area (Å²) >= 11 is 0. The normalized spacial score (nSPS) is 20.7. The molecule has 0 spiro atoms. The van der Waals surface area contributed by atoms with Gasteiger partial charge in [0.15, 0.2) is 0 Å². The minimum atomic E-state index is -1.71. The standard InChI is InChI=1S/C23H19F4N5O4/c24-16-18(17(25)20(27)29-19(16)26)31-7-5-30(6-8-31)10-11-1-2-12-13(9-11)23(36)32(22(12)35)14-3-4-15(33)28-21(14)34/h1-2,9,14H,3-8,10H2,(H,28,33,34). The highest BCUT2D eigenvalue weighted by Crippen LogP contribution is 2.30. The van der Waals surface area contributed by atoms with Crippen LogP contribution in [0.5, 0.6) is 0 Å². The zero-order valence-corrected chi connectivity index (χ0v) is 18.7. The SMILES string of the molecule is O=C1CCC(N2C(=O)c3ccc(CN4CCN(c5c(F)c(F)nc(F)c5F)CC4)cc3C2=O)C(=O)N1. The van der Waals surface area contributed by atoms with Crippen LogP contribution in [-0.2, 0) is 16.1 Å². The lowest BCUT2D eigenvalue weighted by atomic mass is 10.0. The quantitative estimate of drug-likeness (QED) is 0.380. The van der Waals surface area contributed by atoms with Crippen molar-refractivity contribution in [1.82, 2.24) is 20.1 Å². The fourth-order valence-corrected chi connectivity index (χ4v) is 4.76. The van der Waals surface area contributed by atoms with Crippen LogP contribution in [0.4, 0.5) is 23.2 Å². The molecule has 13 heteroatoms. The number of halogens is 4. The minimum absolute atomic E-state index is 0.0214. The van der Waals surface area contributed by atoms with Crippen molar-refractivity contribution in [2.24, 2.45) is 0 Å². The molecular weight excluding hydrogens is 486 g/mol. The van der Waals surface area contributed by atoms with Crippen LogP contribution in [0.2, 0.25) is 0 Å². The summed E-state index contributed by atoms with van der Waals surface area (Å²) in [5.41, 5.74) is 0.195. The van der Waals surface area contributed by atoms with Crippen molar-refractivity contribution < 1.29 is 36.7 Å². The van der Waals surface area contributed by atoms with E-state index >= 15 is 0 Å². The van der Waals surface area contributed by atoms with Crippen molar-refractivity contribution >= 4 is 29.3 Å². The van der Waals surface area contributed by atoms with E-state index in [1.165, 1.54) is 11.0 Å². The van der Waals surface area contributed by atoms with Crippen molar-refractivity contribution in [3.05, 3.63) is 58.4 Å². The molecule has 2 saturated heterocycles. The summed E-state index contributed by atoms with van der Waals surface area (Å²) in [6, 6.07) is 3.66. The maximum absolute atomic E-state index is 14.1.